The Kier molecular flexibility index (Phi) is 6.80. The molecule has 0 aliphatic carbocycles. The molecule has 25 heavy (non-hydrogen) atoms. The van der Waals surface area contributed by atoms with Gasteiger partial charge in [-0.25, -0.2) is 0 Å². The molecule has 0 aromatic heterocycles. The summed E-state index contributed by atoms with van der Waals surface area (Å²) in [4.78, 5) is 36.4. The summed E-state index contributed by atoms with van der Waals surface area (Å²) in [5, 5.41) is 13.6. The number of piperidine rings is 1. The van der Waals surface area contributed by atoms with Crippen molar-refractivity contribution < 1.29 is 24.2 Å². The third kappa shape index (κ3) is 5.77. The van der Waals surface area contributed by atoms with Crippen LogP contribution in [0.15, 0.2) is 24.3 Å². The molecule has 1 aliphatic heterocycles. The van der Waals surface area contributed by atoms with Gasteiger partial charge < -0.3 is 24.9 Å². The summed E-state index contributed by atoms with van der Waals surface area (Å²) in [6, 6.07) is 7.38. The van der Waals surface area contributed by atoms with Crippen molar-refractivity contribution in [3.05, 3.63) is 29.8 Å². The number of hydrogen-bond donors (Lipinski definition) is 1. The lowest BCUT2D eigenvalue weighted by Crippen LogP contribution is -2.43. The van der Waals surface area contributed by atoms with Gasteiger partial charge in [-0.3, -0.25) is 9.59 Å². The Hall–Kier alpha value is -2.57. The second kappa shape index (κ2) is 9.05. The molecule has 1 aromatic rings. The van der Waals surface area contributed by atoms with Gasteiger partial charge in [0.2, 0.25) is 11.8 Å². The summed E-state index contributed by atoms with van der Waals surface area (Å²) in [5.74, 6) is -1.07. The van der Waals surface area contributed by atoms with E-state index in [1.165, 1.54) is 0 Å². The molecule has 0 saturated carbocycles. The van der Waals surface area contributed by atoms with Crippen LogP contribution in [0.4, 0.5) is 0 Å². The third-order valence-electron chi connectivity index (χ3n) is 4.40. The molecule has 1 saturated heterocycles. The van der Waals surface area contributed by atoms with Gasteiger partial charge in [0.1, 0.15) is 5.75 Å². The molecule has 2 amide bonds. The number of carbonyl (C=O) groups is 3. The predicted octanol–water partition coefficient (Wildman–Crippen LogP) is 0.0801. The van der Waals surface area contributed by atoms with Crippen molar-refractivity contribution >= 4 is 17.8 Å². The second-order valence-corrected chi connectivity index (χ2v) is 6.10. The molecule has 0 unspecified atom stereocenters. The van der Waals surface area contributed by atoms with Gasteiger partial charge in [-0.1, -0.05) is 12.1 Å². The van der Waals surface area contributed by atoms with Crippen LogP contribution in [0.3, 0.4) is 0 Å². The molecule has 0 bridgehead atoms. The quantitative estimate of drug-likeness (QED) is 0.753. The highest BCUT2D eigenvalue weighted by molar-refractivity contribution is 5.84. The Balaban J connectivity index is 1.67. The molecular formula is C18H23N2O5-. The van der Waals surface area contributed by atoms with E-state index < -0.39 is 11.9 Å². The van der Waals surface area contributed by atoms with E-state index in [2.05, 4.69) is 5.32 Å². The number of benzene rings is 1. The maximum atomic E-state index is 12.1. The Morgan fingerprint density at radius 2 is 1.80 bits per heavy atom. The van der Waals surface area contributed by atoms with Gasteiger partial charge in [-0.05, 0) is 30.5 Å². The summed E-state index contributed by atoms with van der Waals surface area (Å²) >= 11 is 0. The zero-order valence-corrected chi connectivity index (χ0v) is 14.3. The monoisotopic (exact) mass is 347 g/mol. The zero-order valence-electron chi connectivity index (χ0n) is 14.3. The number of amides is 2. The van der Waals surface area contributed by atoms with E-state index in [1.807, 2.05) is 24.3 Å². The maximum absolute atomic E-state index is 12.1. The van der Waals surface area contributed by atoms with E-state index in [1.54, 1.807) is 12.0 Å². The number of methoxy groups -OCH3 is 1. The molecular weight excluding hydrogens is 324 g/mol. The van der Waals surface area contributed by atoms with Crippen molar-refractivity contribution in [3.8, 4) is 5.75 Å². The van der Waals surface area contributed by atoms with Crippen molar-refractivity contribution in [1.29, 1.82) is 0 Å². The molecule has 1 aliphatic rings. The Morgan fingerprint density at radius 1 is 1.16 bits per heavy atom. The molecule has 2 rings (SSSR count). The predicted molar refractivity (Wildman–Crippen MR) is 88.4 cm³/mol. The molecule has 1 heterocycles. The van der Waals surface area contributed by atoms with Crippen LogP contribution < -0.4 is 15.2 Å². The van der Waals surface area contributed by atoms with E-state index in [4.69, 9.17) is 4.74 Å². The largest absolute Gasteiger partial charge is 0.550 e. The van der Waals surface area contributed by atoms with Crippen LogP contribution in [0.5, 0.6) is 5.75 Å². The van der Waals surface area contributed by atoms with Crippen LogP contribution in [0, 0.1) is 5.92 Å². The molecule has 0 radical (unpaired) electrons. The standard InChI is InChI=1S/C18H24N2O5/c1-25-15-4-2-13(3-5-15)12-19-16(21)6-7-17(22)20-10-8-14(9-11-20)18(23)24/h2-5,14H,6-12H2,1H3,(H,19,21)(H,23,24)/p-1. The van der Waals surface area contributed by atoms with E-state index in [0.717, 1.165) is 11.3 Å². The van der Waals surface area contributed by atoms with Gasteiger partial charge in [0.25, 0.3) is 0 Å². The number of nitrogens with zero attached hydrogens (tertiary/aromatic N) is 1. The van der Waals surface area contributed by atoms with E-state index >= 15 is 0 Å². The van der Waals surface area contributed by atoms with Crippen molar-refractivity contribution in [2.24, 2.45) is 5.92 Å². The van der Waals surface area contributed by atoms with E-state index in [-0.39, 0.29) is 24.7 Å². The van der Waals surface area contributed by atoms with E-state index in [9.17, 15) is 19.5 Å². The number of hydrogen-bond acceptors (Lipinski definition) is 5. The lowest BCUT2D eigenvalue weighted by molar-refractivity contribution is -0.312. The van der Waals surface area contributed by atoms with Crippen LogP contribution in [0.2, 0.25) is 0 Å². The minimum absolute atomic E-state index is 0.114. The number of nitrogens with one attached hydrogen (secondary N) is 1. The SMILES string of the molecule is COc1ccc(CNC(=O)CCC(=O)N2CCC(C(=O)[O-])CC2)cc1. The highest BCUT2D eigenvalue weighted by atomic mass is 16.5. The first-order valence-electron chi connectivity index (χ1n) is 8.38. The third-order valence-corrected chi connectivity index (χ3v) is 4.40. The summed E-state index contributed by atoms with van der Waals surface area (Å²) in [7, 11) is 1.59. The topological polar surface area (TPSA) is 98.8 Å². The first-order valence-corrected chi connectivity index (χ1v) is 8.38. The summed E-state index contributed by atoms with van der Waals surface area (Å²) in [5.41, 5.74) is 0.949. The van der Waals surface area contributed by atoms with Crippen LogP contribution in [-0.2, 0) is 20.9 Å². The van der Waals surface area contributed by atoms with Gasteiger partial charge in [0.05, 0.1) is 7.11 Å². The highest BCUT2D eigenvalue weighted by Crippen LogP contribution is 2.17. The number of likely N-dealkylation sites (tertiary alicyclic amines) is 1. The minimum Gasteiger partial charge on any atom is -0.550 e. The number of ether oxygens (including phenoxy) is 1. The number of carboxylic acid groups (broad SMARTS) is 1. The van der Waals surface area contributed by atoms with Gasteiger partial charge >= 0.3 is 0 Å². The average molecular weight is 347 g/mol. The van der Waals surface area contributed by atoms with Gasteiger partial charge in [0, 0.05) is 44.4 Å². The average Bonchev–Trinajstić information content (AvgIpc) is 2.64. The van der Waals surface area contributed by atoms with Crippen LogP contribution >= 0.6 is 0 Å². The molecule has 0 spiro atoms. The second-order valence-electron chi connectivity index (χ2n) is 6.10. The molecule has 136 valence electrons. The van der Waals surface area contributed by atoms with Crippen LogP contribution in [0.25, 0.3) is 0 Å². The lowest BCUT2D eigenvalue weighted by Gasteiger charge is -2.32. The smallest absolute Gasteiger partial charge is 0.223 e. The van der Waals surface area contributed by atoms with Gasteiger partial charge in [0.15, 0.2) is 0 Å². The van der Waals surface area contributed by atoms with E-state index in [0.29, 0.717) is 32.5 Å². The Bertz CT molecular complexity index is 606. The van der Waals surface area contributed by atoms with Gasteiger partial charge in [-0.15, -0.1) is 0 Å². The number of carbonyl (C=O) groups excluding carboxylic acids is 3. The fourth-order valence-electron chi connectivity index (χ4n) is 2.78. The summed E-state index contributed by atoms with van der Waals surface area (Å²) in [6.07, 6.45) is 1.08. The number of carboxylic acids is 1. The summed E-state index contributed by atoms with van der Waals surface area (Å²) in [6.45, 7) is 1.21. The van der Waals surface area contributed by atoms with Crippen molar-refractivity contribution in [2.75, 3.05) is 20.2 Å². The molecule has 1 N–H and O–H groups in total. The summed E-state index contributed by atoms with van der Waals surface area (Å²) < 4.78 is 5.07. The molecule has 1 fully saturated rings. The molecule has 1 aromatic carbocycles. The first-order chi connectivity index (χ1) is 12.0. The Morgan fingerprint density at radius 3 is 2.36 bits per heavy atom. The van der Waals surface area contributed by atoms with Crippen molar-refractivity contribution in [3.63, 3.8) is 0 Å². The highest BCUT2D eigenvalue weighted by Gasteiger charge is 2.23. The minimum atomic E-state index is -1.05. The molecule has 7 heteroatoms. The fourth-order valence-corrected chi connectivity index (χ4v) is 2.78. The van der Waals surface area contributed by atoms with Gasteiger partial charge in [-0.2, -0.15) is 0 Å². The molecule has 0 atom stereocenters. The number of aliphatic carboxylic acids is 1. The Labute approximate surface area is 147 Å². The lowest BCUT2D eigenvalue weighted by atomic mass is 9.97. The zero-order chi connectivity index (χ0) is 18.2. The first kappa shape index (κ1) is 18.8. The van der Waals surface area contributed by atoms with Crippen LogP contribution in [0.1, 0.15) is 31.2 Å². The van der Waals surface area contributed by atoms with Crippen molar-refractivity contribution in [2.45, 2.75) is 32.2 Å². The maximum Gasteiger partial charge on any atom is 0.223 e. The molecule has 7 nitrogen and oxygen atoms in total. The van der Waals surface area contributed by atoms with Crippen molar-refractivity contribution in [1.82, 2.24) is 10.2 Å². The van der Waals surface area contributed by atoms with Crippen LogP contribution in [-0.4, -0.2) is 42.9 Å². The number of rotatable bonds is 7. The fraction of sp³-hybridized carbons (Fsp3) is 0.500. The normalized spacial score (nSPS) is 14.8.